The number of hydrogen-bond donors (Lipinski definition) is 1. The zero-order valence-electron chi connectivity index (χ0n) is 11.1. The Hall–Kier alpha value is -1.95. The van der Waals surface area contributed by atoms with Gasteiger partial charge in [0.15, 0.2) is 5.01 Å². The molecule has 3 rings (SSSR count). The number of nitrogens with one attached hydrogen (secondary N) is 1. The second-order valence-corrected chi connectivity index (χ2v) is 5.93. The van der Waals surface area contributed by atoms with Crippen LogP contribution in [0.1, 0.15) is 23.4 Å². The molecule has 0 saturated heterocycles. The number of hydrogen-bond acceptors (Lipinski definition) is 5. The van der Waals surface area contributed by atoms with Gasteiger partial charge in [-0.3, -0.25) is 4.79 Å². The molecule has 0 unspecified atom stereocenters. The smallest absolute Gasteiger partial charge is 0.229 e. The summed E-state index contributed by atoms with van der Waals surface area (Å²) in [7, 11) is 0. The van der Waals surface area contributed by atoms with Crippen LogP contribution in [0.3, 0.4) is 0 Å². The number of amides is 1. The largest absolute Gasteiger partial charge is 0.486 e. The lowest BCUT2D eigenvalue weighted by Crippen LogP contribution is -2.12. The maximum atomic E-state index is 11.6. The lowest BCUT2D eigenvalue weighted by atomic mass is 10.2. The standard InChI is InChI=1S/C14H15N3O2S/c1-9-3-2-4-11(7-9)19-8-12-16-17-14(20-12)15-13(18)10-5-6-10/h2-4,7,10H,5-6,8H2,1H3,(H,15,17,18). The fourth-order valence-electron chi connectivity index (χ4n) is 1.77. The van der Waals surface area contributed by atoms with E-state index < -0.39 is 0 Å². The summed E-state index contributed by atoms with van der Waals surface area (Å²) in [5.41, 5.74) is 1.15. The molecular weight excluding hydrogens is 274 g/mol. The molecule has 104 valence electrons. The van der Waals surface area contributed by atoms with Crippen molar-refractivity contribution in [2.24, 2.45) is 5.92 Å². The van der Waals surface area contributed by atoms with Crippen molar-refractivity contribution >= 4 is 22.4 Å². The number of carbonyl (C=O) groups excluding carboxylic acids is 1. The van der Waals surface area contributed by atoms with E-state index in [0.717, 1.165) is 29.2 Å². The van der Waals surface area contributed by atoms with Crippen LogP contribution in [0.2, 0.25) is 0 Å². The summed E-state index contributed by atoms with van der Waals surface area (Å²) < 4.78 is 5.65. The van der Waals surface area contributed by atoms with Gasteiger partial charge in [0.1, 0.15) is 12.4 Å². The molecular formula is C14H15N3O2S. The topological polar surface area (TPSA) is 64.1 Å². The average Bonchev–Trinajstić information content (AvgIpc) is 3.19. The predicted octanol–water partition coefficient (Wildman–Crippen LogP) is 2.77. The average molecular weight is 289 g/mol. The van der Waals surface area contributed by atoms with Gasteiger partial charge >= 0.3 is 0 Å². The molecule has 1 heterocycles. The highest BCUT2D eigenvalue weighted by Gasteiger charge is 2.30. The van der Waals surface area contributed by atoms with Gasteiger partial charge in [0.2, 0.25) is 11.0 Å². The lowest BCUT2D eigenvalue weighted by Gasteiger charge is -2.03. The molecule has 1 aromatic carbocycles. The first-order valence-corrected chi connectivity index (χ1v) is 7.35. The summed E-state index contributed by atoms with van der Waals surface area (Å²) in [5, 5.41) is 12.0. The monoisotopic (exact) mass is 289 g/mol. The zero-order chi connectivity index (χ0) is 13.9. The Labute approximate surface area is 121 Å². The number of benzene rings is 1. The second-order valence-electron chi connectivity index (χ2n) is 4.87. The van der Waals surface area contributed by atoms with Crippen LogP contribution in [0.4, 0.5) is 5.13 Å². The highest BCUT2D eigenvalue weighted by atomic mass is 32.1. The first-order valence-electron chi connectivity index (χ1n) is 6.53. The molecule has 0 spiro atoms. The summed E-state index contributed by atoms with van der Waals surface area (Å²) in [5.74, 6) is 1.03. The third-order valence-electron chi connectivity index (χ3n) is 3.00. The molecule has 2 aromatic rings. The number of ether oxygens (including phenoxy) is 1. The van der Waals surface area contributed by atoms with Crippen molar-refractivity contribution in [3.05, 3.63) is 34.8 Å². The van der Waals surface area contributed by atoms with E-state index in [1.165, 1.54) is 11.3 Å². The molecule has 1 aromatic heterocycles. The van der Waals surface area contributed by atoms with Gasteiger partial charge in [-0.05, 0) is 37.5 Å². The van der Waals surface area contributed by atoms with Crippen molar-refractivity contribution in [3.8, 4) is 5.75 Å². The number of carbonyl (C=O) groups is 1. The summed E-state index contributed by atoms with van der Waals surface area (Å²) in [4.78, 5) is 11.6. The van der Waals surface area contributed by atoms with Crippen LogP contribution in [0.25, 0.3) is 0 Å². The Balaban J connectivity index is 1.55. The molecule has 0 aliphatic heterocycles. The van der Waals surface area contributed by atoms with Gasteiger partial charge in [0.05, 0.1) is 0 Å². The number of rotatable bonds is 5. The maximum absolute atomic E-state index is 11.6. The van der Waals surface area contributed by atoms with E-state index >= 15 is 0 Å². The number of aromatic nitrogens is 2. The SMILES string of the molecule is Cc1cccc(OCc2nnc(NC(=O)C3CC3)s2)c1. The van der Waals surface area contributed by atoms with Crippen LogP contribution in [-0.4, -0.2) is 16.1 Å². The van der Waals surface area contributed by atoms with Crippen LogP contribution in [0, 0.1) is 12.8 Å². The Morgan fingerprint density at radius 1 is 1.45 bits per heavy atom. The van der Waals surface area contributed by atoms with Crippen LogP contribution < -0.4 is 10.1 Å². The van der Waals surface area contributed by atoms with Gasteiger partial charge in [-0.1, -0.05) is 23.5 Å². The second kappa shape index (κ2) is 5.58. The van der Waals surface area contributed by atoms with Gasteiger partial charge in [0.25, 0.3) is 0 Å². The molecule has 5 nitrogen and oxygen atoms in total. The van der Waals surface area contributed by atoms with Gasteiger partial charge < -0.3 is 10.1 Å². The maximum Gasteiger partial charge on any atom is 0.229 e. The molecule has 0 bridgehead atoms. The van der Waals surface area contributed by atoms with Gasteiger partial charge in [0, 0.05) is 5.92 Å². The van der Waals surface area contributed by atoms with Gasteiger partial charge in [-0.15, -0.1) is 10.2 Å². The minimum atomic E-state index is 0.0484. The number of anilines is 1. The van der Waals surface area contributed by atoms with Crippen LogP contribution in [0.5, 0.6) is 5.75 Å². The van der Waals surface area contributed by atoms with Crippen molar-refractivity contribution in [3.63, 3.8) is 0 Å². The Morgan fingerprint density at radius 3 is 3.05 bits per heavy atom. The molecule has 1 amide bonds. The molecule has 1 aliphatic rings. The van der Waals surface area contributed by atoms with E-state index in [-0.39, 0.29) is 11.8 Å². The van der Waals surface area contributed by atoms with Crippen molar-refractivity contribution in [2.75, 3.05) is 5.32 Å². The van der Waals surface area contributed by atoms with Crippen LogP contribution >= 0.6 is 11.3 Å². The van der Waals surface area contributed by atoms with E-state index in [0.29, 0.717) is 11.7 Å². The van der Waals surface area contributed by atoms with Crippen molar-refractivity contribution in [1.29, 1.82) is 0 Å². The van der Waals surface area contributed by atoms with Gasteiger partial charge in [-0.25, -0.2) is 0 Å². The molecule has 1 fully saturated rings. The Bertz CT molecular complexity index is 622. The minimum absolute atomic E-state index is 0.0484. The Kier molecular flexibility index (Phi) is 3.64. The fourth-order valence-corrected chi connectivity index (χ4v) is 2.42. The molecule has 1 N–H and O–H groups in total. The first-order chi connectivity index (χ1) is 9.70. The summed E-state index contributed by atoms with van der Waals surface area (Å²) in [6, 6.07) is 7.84. The lowest BCUT2D eigenvalue weighted by molar-refractivity contribution is -0.117. The normalized spacial score (nSPS) is 14.1. The van der Waals surface area contributed by atoms with E-state index in [2.05, 4.69) is 15.5 Å². The van der Waals surface area contributed by atoms with Gasteiger partial charge in [-0.2, -0.15) is 0 Å². The van der Waals surface area contributed by atoms with E-state index in [9.17, 15) is 4.79 Å². The van der Waals surface area contributed by atoms with Crippen molar-refractivity contribution in [1.82, 2.24) is 10.2 Å². The third kappa shape index (κ3) is 3.33. The summed E-state index contributed by atoms with van der Waals surface area (Å²) in [6.45, 7) is 2.38. The highest BCUT2D eigenvalue weighted by molar-refractivity contribution is 7.15. The molecule has 0 radical (unpaired) electrons. The molecule has 6 heteroatoms. The number of aryl methyl sites for hydroxylation is 1. The molecule has 1 aliphatic carbocycles. The van der Waals surface area contributed by atoms with E-state index in [1.54, 1.807) is 0 Å². The summed E-state index contributed by atoms with van der Waals surface area (Å²) >= 11 is 1.35. The molecule has 1 saturated carbocycles. The zero-order valence-corrected chi connectivity index (χ0v) is 11.9. The van der Waals surface area contributed by atoms with Crippen molar-refractivity contribution in [2.45, 2.75) is 26.4 Å². The highest BCUT2D eigenvalue weighted by Crippen LogP contribution is 2.30. The van der Waals surface area contributed by atoms with Crippen LogP contribution in [-0.2, 0) is 11.4 Å². The summed E-state index contributed by atoms with van der Waals surface area (Å²) in [6.07, 6.45) is 1.96. The van der Waals surface area contributed by atoms with E-state index in [1.807, 2.05) is 31.2 Å². The first kappa shape index (κ1) is 13.1. The van der Waals surface area contributed by atoms with Crippen LogP contribution in [0.15, 0.2) is 24.3 Å². The third-order valence-corrected chi connectivity index (χ3v) is 3.81. The minimum Gasteiger partial charge on any atom is -0.486 e. The molecule has 0 atom stereocenters. The molecule has 20 heavy (non-hydrogen) atoms. The fraction of sp³-hybridized carbons (Fsp3) is 0.357. The number of nitrogens with zero attached hydrogens (tertiary/aromatic N) is 2. The van der Waals surface area contributed by atoms with Crippen molar-refractivity contribution < 1.29 is 9.53 Å². The van der Waals surface area contributed by atoms with E-state index in [4.69, 9.17) is 4.74 Å². The predicted molar refractivity (Wildman–Crippen MR) is 76.8 cm³/mol. The Morgan fingerprint density at radius 2 is 2.30 bits per heavy atom. The quantitative estimate of drug-likeness (QED) is 0.919.